The maximum Gasteiger partial charge on any atom is 0.153 e. The highest BCUT2D eigenvalue weighted by atomic mass is 32.1. The number of anilines is 3. The van der Waals surface area contributed by atoms with Gasteiger partial charge in [0.2, 0.25) is 0 Å². The van der Waals surface area contributed by atoms with Crippen LogP contribution in [0.25, 0.3) is 64.0 Å². The highest BCUT2D eigenvalue weighted by Gasteiger charge is 2.18. The van der Waals surface area contributed by atoms with Crippen LogP contribution in [0.4, 0.5) is 17.1 Å². The van der Waals surface area contributed by atoms with Crippen LogP contribution >= 0.6 is 11.3 Å². The van der Waals surface area contributed by atoms with Gasteiger partial charge in [0.15, 0.2) is 11.2 Å². The molecule has 0 N–H and O–H groups in total. The number of furan rings is 2. The molecule has 0 aliphatic carbocycles. The maximum absolute atomic E-state index is 6.09. The molecule has 6 heteroatoms. The molecular weight excluding hydrogens is 514 g/mol. The van der Waals surface area contributed by atoms with Crippen molar-refractivity contribution in [3.05, 3.63) is 116 Å². The topological polar surface area (TPSA) is 55.3 Å². The van der Waals surface area contributed by atoms with Crippen molar-refractivity contribution in [2.45, 2.75) is 0 Å². The first-order valence-electron chi connectivity index (χ1n) is 13.0. The fourth-order valence-corrected chi connectivity index (χ4v) is 6.96. The zero-order chi connectivity index (χ0) is 26.2. The first kappa shape index (κ1) is 21.7. The van der Waals surface area contributed by atoms with E-state index in [0.717, 1.165) is 60.9 Å². The molecule has 0 saturated carbocycles. The van der Waals surface area contributed by atoms with Crippen LogP contribution in [0.15, 0.2) is 125 Å². The second-order valence-corrected chi connectivity index (χ2v) is 11.0. The minimum atomic E-state index is 0.785. The SMILES string of the molecule is c1ccc2c(c1)sc1cc(N(c3ccc4oc5cnccc5c4c3)c3ccc4oc5cnccc5c4c3)ccc12. The van der Waals surface area contributed by atoms with E-state index in [1.165, 1.54) is 20.2 Å². The summed E-state index contributed by atoms with van der Waals surface area (Å²) in [5, 5.41) is 6.79. The minimum absolute atomic E-state index is 0.785. The van der Waals surface area contributed by atoms with Crippen molar-refractivity contribution in [2.24, 2.45) is 0 Å². The van der Waals surface area contributed by atoms with Gasteiger partial charge >= 0.3 is 0 Å². The molecule has 0 aliphatic rings. The van der Waals surface area contributed by atoms with E-state index in [4.69, 9.17) is 8.83 Å². The molecule has 0 amide bonds. The predicted octanol–water partition coefficient (Wildman–Crippen LogP) is 10.1. The van der Waals surface area contributed by atoms with Gasteiger partial charge in [-0.1, -0.05) is 24.3 Å². The Morgan fingerprint density at radius 2 is 1.05 bits per heavy atom. The molecule has 0 fully saturated rings. The zero-order valence-electron chi connectivity index (χ0n) is 21.0. The largest absolute Gasteiger partial charge is 0.454 e. The summed E-state index contributed by atoms with van der Waals surface area (Å²) in [5.74, 6) is 0. The lowest BCUT2D eigenvalue weighted by Crippen LogP contribution is -2.09. The highest BCUT2D eigenvalue weighted by molar-refractivity contribution is 7.25. The van der Waals surface area contributed by atoms with Gasteiger partial charge in [0, 0.05) is 71.2 Å². The predicted molar refractivity (Wildman–Crippen MR) is 164 cm³/mol. The van der Waals surface area contributed by atoms with Crippen LogP contribution in [-0.4, -0.2) is 9.97 Å². The van der Waals surface area contributed by atoms with E-state index in [0.29, 0.717) is 0 Å². The lowest BCUT2D eigenvalue weighted by Gasteiger charge is -2.25. The Labute approximate surface area is 231 Å². The van der Waals surface area contributed by atoms with Crippen LogP contribution in [-0.2, 0) is 0 Å². The normalized spacial score (nSPS) is 12.0. The van der Waals surface area contributed by atoms with Crippen molar-refractivity contribution in [3.63, 3.8) is 0 Å². The van der Waals surface area contributed by atoms with Gasteiger partial charge in [-0.2, -0.15) is 0 Å². The van der Waals surface area contributed by atoms with Crippen molar-refractivity contribution in [2.75, 3.05) is 4.90 Å². The molecule has 0 spiro atoms. The lowest BCUT2D eigenvalue weighted by atomic mass is 10.1. The Kier molecular flexibility index (Phi) is 4.42. The van der Waals surface area contributed by atoms with E-state index >= 15 is 0 Å². The van der Waals surface area contributed by atoms with Gasteiger partial charge in [0.1, 0.15) is 11.2 Å². The summed E-state index contributed by atoms with van der Waals surface area (Å²) < 4.78 is 14.7. The average molecular weight is 534 g/mol. The molecule has 5 aromatic heterocycles. The quantitative estimate of drug-likeness (QED) is 0.226. The number of thiophene rings is 1. The monoisotopic (exact) mass is 533 g/mol. The maximum atomic E-state index is 6.09. The summed E-state index contributed by atoms with van der Waals surface area (Å²) in [6.45, 7) is 0. The molecular formula is C34H19N3O2S. The molecule has 0 aliphatic heterocycles. The molecule has 188 valence electrons. The summed E-state index contributed by atoms with van der Waals surface area (Å²) in [4.78, 5) is 10.8. The van der Waals surface area contributed by atoms with Crippen LogP contribution < -0.4 is 4.90 Å². The van der Waals surface area contributed by atoms with Crippen LogP contribution in [0.1, 0.15) is 0 Å². The number of pyridine rings is 2. The molecule has 5 heterocycles. The first-order chi connectivity index (χ1) is 19.8. The van der Waals surface area contributed by atoms with E-state index in [1.54, 1.807) is 12.4 Å². The molecule has 40 heavy (non-hydrogen) atoms. The smallest absolute Gasteiger partial charge is 0.153 e. The summed E-state index contributed by atoms with van der Waals surface area (Å²) in [6, 6.07) is 32.1. The van der Waals surface area contributed by atoms with Crippen molar-refractivity contribution in [1.82, 2.24) is 9.97 Å². The fourth-order valence-electron chi connectivity index (χ4n) is 5.82. The van der Waals surface area contributed by atoms with E-state index in [1.807, 2.05) is 48.0 Å². The van der Waals surface area contributed by atoms with Crippen molar-refractivity contribution < 1.29 is 8.83 Å². The van der Waals surface area contributed by atoms with Crippen LogP contribution in [0.3, 0.4) is 0 Å². The van der Waals surface area contributed by atoms with Gasteiger partial charge in [-0.3, -0.25) is 9.97 Å². The van der Waals surface area contributed by atoms with Gasteiger partial charge in [-0.15, -0.1) is 11.3 Å². The Balaban J connectivity index is 1.31. The Hall–Kier alpha value is -5.20. The third-order valence-corrected chi connectivity index (χ3v) is 8.79. The molecule has 9 rings (SSSR count). The molecule has 0 atom stereocenters. The molecule has 4 aromatic carbocycles. The fraction of sp³-hybridized carbons (Fsp3) is 0. The zero-order valence-corrected chi connectivity index (χ0v) is 21.9. The Bertz CT molecular complexity index is 2300. The number of rotatable bonds is 3. The number of fused-ring (bicyclic) bond motifs is 9. The number of hydrogen-bond acceptors (Lipinski definition) is 6. The first-order valence-corrected chi connectivity index (χ1v) is 13.9. The highest BCUT2D eigenvalue weighted by Crippen LogP contribution is 2.43. The third kappa shape index (κ3) is 3.14. The van der Waals surface area contributed by atoms with Gasteiger partial charge < -0.3 is 13.7 Å². The molecule has 5 nitrogen and oxygen atoms in total. The standard InChI is InChI=1S/C34H19N3O2S/c1-2-4-33-25(3-1)26-8-5-22(17-34(26)40-33)37(20-6-9-29-27(15-20)23-11-13-35-18-31(23)38-29)21-7-10-30-28(16-21)24-12-14-36-19-32(24)39-30/h1-19H. The Morgan fingerprint density at radius 1 is 0.475 bits per heavy atom. The number of benzene rings is 4. The Morgan fingerprint density at radius 3 is 1.73 bits per heavy atom. The van der Waals surface area contributed by atoms with Gasteiger partial charge in [0.05, 0.1) is 12.4 Å². The molecule has 0 saturated heterocycles. The van der Waals surface area contributed by atoms with E-state index in [9.17, 15) is 0 Å². The summed E-state index contributed by atoms with van der Waals surface area (Å²) in [7, 11) is 0. The van der Waals surface area contributed by atoms with E-state index < -0.39 is 0 Å². The summed E-state index contributed by atoms with van der Waals surface area (Å²) >= 11 is 1.82. The van der Waals surface area contributed by atoms with Crippen molar-refractivity contribution in [1.29, 1.82) is 0 Å². The van der Waals surface area contributed by atoms with Crippen molar-refractivity contribution in [3.8, 4) is 0 Å². The van der Waals surface area contributed by atoms with Crippen LogP contribution in [0, 0.1) is 0 Å². The van der Waals surface area contributed by atoms with Gasteiger partial charge in [-0.25, -0.2) is 0 Å². The molecule has 0 radical (unpaired) electrons. The summed E-state index contributed by atoms with van der Waals surface area (Å²) in [5.41, 5.74) is 6.43. The van der Waals surface area contributed by atoms with Gasteiger partial charge in [0.25, 0.3) is 0 Å². The molecule has 9 aromatic rings. The molecule has 0 unspecified atom stereocenters. The second-order valence-electron chi connectivity index (χ2n) is 9.92. The average Bonchev–Trinajstić information content (AvgIpc) is 3.68. The van der Waals surface area contributed by atoms with E-state index in [-0.39, 0.29) is 0 Å². The van der Waals surface area contributed by atoms with Crippen LogP contribution in [0.5, 0.6) is 0 Å². The number of nitrogens with zero attached hydrogens (tertiary/aromatic N) is 3. The van der Waals surface area contributed by atoms with Gasteiger partial charge in [-0.05, 0) is 66.7 Å². The minimum Gasteiger partial charge on any atom is -0.454 e. The van der Waals surface area contributed by atoms with Crippen LogP contribution in [0.2, 0.25) is 0 Å². The molecule has 0 bridgehead atoms. The van der Waals surface area contributed by atoms with E-state index in [2.05, 4.69) is 81.6 Å². The third-order valence-electron chi connectivity index (χ3n) is 7.65. The number of aromatic nitrogens is 2. The lowest BCUT2D eigenvalue weighted by molar-refractivity contribution is 0.666. The van der Waals surface area contributed by atoms with Crippen molar-refractivity contribution >= 4 is 92.4 Å². The number of hydrogen-bond donors (Lipinski definition) is 0. The second kappa shape index (κ2) is 8.15. The summed E-state index contributed by atoms with van der Waals surface area (Å²) in [6.07, 6.45) is 7.16.